The molecule has 3 heteroatoms. The van der Waals surface area contributed by atoms with Crippen molar-refractivity contribution in [3.63, 3.8) is 0 Å². The summed E-state index contributed by atoms with van der Waals surface area (Å²) >= 11 is 1.86. The van der Waals surface area contributed by atoms with E-state index < -0.39 is 0 Å². The molecule has 10 rings (SSSR count). The molecular weight excluding hydrogens is 637 g/mol. The molecule has 0 fully saturated rings. The number of fused-ring (bicyclic) bond motifs is 6. The Morgan fingerprint density at radius 2 is 0.980 bits per heavy atom. The van der Waals surface area contributed by atoms with E-state index in [0.29, 0.717) is 0 Å². The summed E-state index contributed by atoms with van der Waals surface area (Å²) in [5.41, 5.74) is 11.7. The summed E-state index contributed by atoms with van der Waals surface area (Å²) in [6.45, 7) is 0. The average molecular weight is 669 g/mol. The van der Waals surface area contributed by atoms with Crippen molar-refractivity contribution in [2.45, 2.75) is 0 Å². The molecule has 0 bridgehead atoms. The van der Waals surface area contributed by atoms with Crippen LogP contribution in [0.2, 0.25) is 0 Å². The Morgan fingerprint density at radius 1 is 0.392 bits per heavy atom. The van der Waals surface area contributed by atoms with Crippen molar-refractivity contribution in [1.82, 2.24) is 4.57 Å². The van der Waals surface area contributed by atoms with Crippen molar-refractivity contribution in [2.75, 3.05) is 4.90 Å². The number of hydrogen-bond donors (Lipinski definition) is 0. The van der Waals surface area contributed by atoms with Crippen LogP contribution < -0.4 is 4.90 Å². The van der Waals surface area contributed by atoms with Gasteiger partial charge in [-0.3, -0.25) is 0 Å². The molecule has 0 radical (unpaired) electrons. The van der Waals surface area contributed by atoms with Gasteiger partial charge in [0.2, 0.25) is 0 Å². The maximum Gasteiger partial charge on any atom is 0.0562 e. The highest BCUT2D eigenvalue weighted by Crippen LogP contribution is 2.46. The van der Waals surface area contributed by atoms with Crippen LogP contribution in [0.4, 0.5) is 17.1 Å². The summed E-state index contributed by atoms with van der Waals surface area (Å²) < 4.78 is 5.02. The SMILES string of the molecule is c1ccc(-c2ccccc2N(c2ccc3c(c2)sc2ccccc23)c2ccc3c4c(-c5ccccc5)cccc4n(-c4ccccc4)c3c2)cc1. The van der Waals surface area contributed by atoms with Gasteiger partial charge in [-0.2, -0.15) is 0 Å². The van der Waals surface area contributed by atoms with Gasteiger partial charge in [-0.05, 0) is 71.3 Å². The van der Waals surface area contributed by atoms with E-state index in [1.54, 1.807) is 0 Å². The molecule has 2 aromatic heterocycles. The number of para-hydroxylation sites is 2. The minimum atomic E-state index is 1.10. The molecule has 10 aromatic rings. The highest BCUT2D eigenvalue weighted by Gasteiger charge is 2.22. The first kappa shape index (κ1) is 29.5. The van der Waals surface area contributed by atoms with Crippen molar-refractivity contribution in [2.24, 2.45) is 0 Å². The minimum absolute atomic E-state index is 1.10. The topological polar surface area (TPSA) is 8.17 Å². The van der Waals surface area contributed by atoms with Crippen LogP contribution in [-0.4, -0.2) is 4.57 Å². The Morgan fingerprint density at radius 3 is 1.76 bits per heavy atom. The maximum atomic E-state index is 2.44. The fourth-order valence-corrected chi connectivity index (χ4v) is 8.86. The summed E-state index contributed by atoms with van der Waals surface area (Å²) in [4.78, 5) is 2.44. The molecule has 0 saturated heterocycles. The summed E-state index contributed by atoms with van der Waals surface area (Å²) in [6.07, 6.45) is 0. The zero-order chi connectivity index (χ0) is 33.7. The number of thiophene rings is 1. The predicted molar refractivity (Wildman–Crippen MR) is 219 cm³/mol. The normalized spacial score (nSPS) is 11.5. The van der Waals surface area contributed by atoms with Crippen molar-refractivity contribution in [3.8, 4) is 27.9 Å². The molecule has 0 N–H and O–H groups in total. The molecule has 0 atom stereocenters. The summed E-state index contributed by atoms with van der Waals surface area (Å²) in [7, 11) is 0. The molecule has 2 nitrogen and oxygen atoms in total. The van der Waals surface area contributed by atoms with E-state index in [-0.39, 0.29) is 0 Å². The van der Waals surface area contributed by atoms with Crippen LogP contribution in [0, 0.1) is 0 Å². The van der Waals surface area contributed by atoms with E-state index in [1.807, 2.05) is 11.3 Å². The Balaban J connectivity index is 1.27. The predicted octanol–water partition coefficient (Wildman–Crippen LogP) is 14.0. The van der Waals surface area contributed by atoms with Crippen LogP contribution in [0.3, 0.4) is 0 Å². The van der Waals surface area contributed by atoms with Gasteiger partial charge in [-0.1, -0.05) is 140 Å². The molecule has 51 heavy (non-hydrogen) atoms. The van der Waals surface area contributed by atoms with Crippen LogP contribution in [0.15, 0.2) is 194 Å². The molecule has 0 amide bonds. The first-order valence-corrected chi connectivity index (χ1v) is 18.2. The van der Waals surface area contributed by atoms with Crippen molar-refractivity contribution in [3.05, 3.63) is 194 Å². The van der Waals surface area contributed by atoms with E-state index >= 15 is 0 Å². The lowest BCUT2D eigenvalue weighted by Gasteiger charge is -2.28. The Labute approximate surface area is 300 Å². The molecule has 2 heterocycles. The third kappa shape index (κ3) is 4.93. The molecular formula is C48H32N2S. The smallest absolute Gasteiger partial charge is 0.0562 e. The van der Waals surface area contributed by atoms with Crippen LogP contribution in [-0.2, 0) is 0 Å². The van der Waals surface area contributed by atoms with E-state index in [4.69, 9.17) is 0 Å². The molecule has 8 aromatic carbocycles. The van der Waals surface area contributed by atoms with E-state index in [9.17, 15) is 0 Å². The Kier molecular flexibility index (Phi) is 7.04. The van der Waals surface area contributed by atoms with Gasteiger partial charge in [-0.25, -0.2) is 0 Å². The lowest BCUT2D eigenvalue weighted by molar-refractivity contribution is 1.18. The molecule has 0 aliphatic carbocycles. The highest BCUT2D eigenvalue weighted by molar-refractivity contribution is 7.25. The van der Waals surface area contributed by atoms with Crippen LogP contribution >= 0.6 is 11.3 Å². The number of aromatic nitrogens is 1. The number of benzene rings is 8. The minimum Gasteiger partial charge on any atom is -0.310 e. The highest BCUT2D eigenvalue weighted by atomic mass is 32.1. The quantitative estimate of drug-likeness (QED) is 0.171. The number of rotatable bonds is 6. The largest absolute Gasteiger partial charge is 0.310 e. The third-order valence-electron chi connectivity index (χ3n) is 9.98. The third-order valence-corrected chi connectivity index (χ3v) is 11.1. The van der Waals surface area contributed by atoms with Gasteiger partial charge in [0.15, 0.2) is 0 Å². The fraction of sp³-hybridized carbons (Fsp3) is 0. The second-order valence-corrected chi connectivity index (χ2v) is 14.0. The standard InChI is InChI=1S/C48H32N2S/c1-4-15-33(16-5-1)38-21-10-12-24-43(38)49(37-27-29-41-40-22-11-13-26-46(40)51-47(41)32-37)36-28-30-42-45(31-36)50(35-19-8-3-9-20-35)44-25-14-23-39(48(42)44)34-17-6-2-7-18-34/h1-32H. The lowest BCUT2D eigenvalue weighted by Crippen LogP contribution is -2.11. The summed E-state index contributed by atoms with van der Waals surface area (Å²) in [6, 6.07) is 70.4. The van der Waals surface area contributed by atoms with Crippen molar-refractivity contribution < 1.29 is 0 Å². The summed E-state index contributed by atoms with van der Waals surface area (Å²) in [5, 5.41) is 5.09. The fourth-order valence-electron chi connectivity index (χ4n) is 7.72. The molecule has 0 aliphatic heterocycles. The Bertz CT molecular complexity index is 2850. The van der Waals surface area contributed by atoms with Gasteiger partial charge in [0.05, 0.1) is 16.7 Å². The van der Waals surface area contributed by atoms with Crippen LogP contribution in [0.25, 0.3) is 69.9 Å². The zero-order valence-corrected chi connectivity index (χ0v) is 28.6. The first-order valence-electron chi connectivity index (χ1n) is 17.4. The average Bonchev–Trinajstić information content (AvgIpc) is 3.74. The van der Waals surface area contributed by atoms with Gasteiger partial charge in [0, 0.05) is 53.6 Å². The number of hydrogen-bond acceptors (Lipinski definition) is 2. The van der Waals surface area contributed by atoms with E-state index in [1.165, 1.54) is 64.2 Å². The molecule has 0 unspecified atom stereocenters. The van der Waals surface area contributed by atoms with Gasteiger partial charge >= 0.3 is 0 Å². The Hall–Kier alpha value is -6.42. The monoisotopic (exact) mass is 668 g/mol. The molecule has 0 aliphatic rings. The van der Waals surface area contributed by atoms with Gasteiger partial charge < -0.3 is 9.47 Å². The number of anilines is 3. The van der Waals surface area contributed by atoms with Crippen LogP contribution in [0.1, 0.15) is 0 Å². The van der Waals surface area contributed by atoms with Crippen molar-refractivity contribution in [1.29, 1.82) is 0 Å². The van der Waals surface area contributed by atoms with Gasteiger partial charge in [-0.15, -0.1) is 11.3 Å². The zero-order valence-electron chi connectivity index (χ0n) is 27.8. The van der Waals surface area contributed by atoms with Crippen molar-refractivity contribution >= 4 is 70.4 Å². The number of nitrogens with zero attached hydrogens (tertiary/aromatic N) is 2. The van der Waals surface area contributed by atoms with Crippen LogP contribution in [0.5, 0.6) is 0 Å². The second-order valence-electron chi connectivity index (χ2n) is 12.9. The molecule has 0 saturated carbocycles. The van der Waals surface area contributed by atoms with E-state index in [2.05, 4.69) is 204 Å². The molecule has 240 valence electrons. The second kappa shape index (κ2) is 12.2. The van der Waals surface area contributed by atoms with Gasteiger partial charge in [0.25, 0.3) is 0 Å². The lowest BCUT2D eigenvalue weighted by atomic mass is 9.99. The summed E-state index contributed by atoms with van der Waals surface area (Å²) in [5.74, 6) is 0. The first-order chi connectivity index (χ1) is 25.3. The maximum absolute atomic E-state index is 2.44. The molecule has 0 spiro atoms. The van der Waals surface area contributed by atoms with Gasteiger partial charge in [0.1, 0.15) is 0 Å². The van der Waals surface area contributed by atoms with E-state index in [0.717, 1.165) is 22.7 Å².